The highest BCUT2D eigenvalue weighted by Crippen LogP contribution is 2.50. The van der Waals surface area contributed by atoms with Crippen LogP contribution in [0.1, 0.15) is 49.9 Å². The third kappa shape index (κ3) is 6.50. The van der Waals surface area contributed by atoms with Gasteiger partial charge in [-0.15, -0.1) is 0 Å². The van der Waals surface area contributed by atoms with Crippen LogP contribution in [0.2, 0.25) is 0 Å². The lowest BCUT2D eigenvalue weighted by Gasteiger charge is -2.30. The minimum Gasteiger partial charge on any atom is -0.493 e. The van der Waals surface area contributed by atoms with E-state index in [1.54, 1.807) is 7.11 Å². The number of anilines is 1. The number of hydrogen-bond donors (Lipinski definition) is 0. The average molecular weight is 573 g/mol. The number of rotatable bonds is 10. The van der Waals surface area contributed by atoms with Crippen LogP contribution in [0.5, 0.6) is 5.75 Å². The Kier molecular flexibility index (Phi) is 8.48. The van der Waals surface area contributed by atoms with Crippen molar-refractivity contribution >= 4 is 11.9 Å². The van der Waals surface area contributed by atoms with Crippen LogP contribution in [0.25, 0.3) is 0 Å². The Morgan fingerprint density at radius 1 is 1.12 bits per heavy atom. The number of hydrogen-bond acceptors (Lipinski definition) is 7. The number of likely N-dealkylation sites (tertiary alicyclic amines) is 1. The summed E-state index contributed by atoms with van der Waals surface area (Å²) in [4.78, 5) is 19.5. The molecule has 1 amide bonds. The summed E-state index contributed by atoms with van der Waals surface area (Å²) < 4.78 is 84.7. The van der Waals surface area contributed by atoms with E-state index in [2.05, 4.69) is 15.0 Å². The molecule has 2 saturated heterocycles. The molecule has 1 saturated carbocycles. The van der Waals surface area contributed by atoms with Gasteiger partial charge in [-0.2, -0.15) is 18.2 Å². The second kappa shape index (κ2) is 11.9. The first-order valence-corrected chi connectivity index (χ1v) is 13.7. The van der Waals surface area contributed by atoms with Crippen molar-refractivity contribution in [2.45, 2.75) is 63.8 Å². The third-order valence-corrected chi connectivity index (χ3v) is 8.27. The van der Waals surface area contributed by atoms with Crippen LogP contribution >= 0.6 is 0 Å². The fraction of sp³-hybridized carbons (Fsp3) is 0.667. The molecule has 2 aromatic rings. The molecule has 1 aromatic carbocycles. The van der Waals surface area contributed by atoms with Crippen molar-refractivity contribution in [2.24, 2.45) is 17.8 Å². The molecule has 8 nitrogen and oxygen atoms in total. The summed E-state index contributed by atoms with van der Waals surface area (Å²) in [5, 5.41) is 3.91. The normalized spacial score (nSPS) is 23.6. The maximum Gasteiger partial charge on any atom is 0.408 e. The maximum atomic E-state index is 14.6. The highest BCUT2D eigenvalue weighted by atomic mass is 19.4. The first-order chi connectivity index (χ1) is 19.1. The zero-order valence-corrected chi connectivity index (χ0v) is 22.3. The first-order valence-electron chi connectivity index (χ1n) is 13.7. The standard InChI is InChI=1S/C27H33F5N4O4/c1-38-15-24-33-26(40-34-24)35-8-4-16(5-9-35)19-11-17(19)6-10-39-18-12-21(28)20(22(29)13-18)14-25(37)36-7-2-3-23(36)27(30,31)32/h12-13,16-17,19,23H,2-11,14-15H2,1H3/t17-,19-,23+/m1/s1. The summed E-state index contributed by atoms with van der Waals surface area (Å²) in [6.07, 6.45) is -1.47. The van der Waals surface area contributed by atoms with E-state index in [0.717, 1.165) is 50.9 Å². The molecule has 3 fully saturated rings. The largest absolute Gasteiger partial charge is 0.493 e. The molecule has 3 aliphatic rings. The van der Waals surface area contributed by atoms with Gasteiger partial charge in [-0.3, -0.25) is 4.79 Å². The van der Waals surface area contributed by atoms with E-state index in [1.807, 2.05) is 0 Å². The van der Waals surface area contributed by atoms with Crippen molar-refractivity contribution in [3.8, 4) is 5.75 Å². The topological polar surface area (TPSA) is 80.9 Å². The van der Waals surface area contributed by atoms with Crippen molar-refractivity contribution in [3.05, 3.63) is 35.2 Å². The van der Waals surface area contributed by atoms with Gasteiger partial charge in [-0.1, -0.05) is 5.16 Å². The van der Waals surface area contributed by atoms with E-state index in [4.69, 9.17) is 14.0 Å². The van der Waals surface area contributed by atoms with Gasteiger partial charge >= 0.3 is 12.2 Å². The molecule has 0 unspecified atom stereocenters. The molecule has 3 atom stereocenters. The molecule has 0 bridgehead atoms. The van der Waals surface area contributed by atoms with E-state index in [-0.39, 0.29) is 25.1 Å². The molecule has 1 aliphatic carbocycles. The van der Waals surface area contributed by atoms with Gasteiger partial charge in [0.25, 0.3) is 0 Å². The van der Waals surface area contributed by atoms with E-state index in [1.165, 1.54) is 0 Å². The van der Waals surface area contributed by atoms with Crippen LogP contribution in [-0.2, 0) is 22.6 Å². The Bertz CT molecular complexity index is 1160. The van der Waals surface area contributed by atoms with Gasteiger partial charge in [0.2, 0.25) is 5.91 Å². The SMILES string of the molecule is COCc1noc(N2CCC([C@H]3C[C@H]3CCOc3cc(F)c(CC(=O)N4CCC[C@H]4C(F)(F)F)c(F)c3)CC2)n1. The monoisotopic (exact) mass is 572 g/mol. The minimum atomic E-state index is -4.57. The van der Waals surface area contributed by atoms with Crippen LogP contribution < -0.4 is 9.64 Å². The fourth-order valence-corrected chi connectivity index (χ4v) is 6.08. The molecule has 0 spiro atoms. The van der Waals surface area contributed by atoms with E-state index in [9.17, 15) is 26.7 Å². The Hall–Kier alpha value is -2.96. The number of carbonyl (C=O) groups is 1. The lowest BCUT2D eigenvalue weighted by Crippen LogP contribution is -2.45. The number of ether oxygens (including phenoxy) is 2. The fourth-order valence-electron chi connectivity index (χ4n) is 6.08. The number of benzene rings is 1. The third-order valence-electron chi connectivity index (χ3n) is 8.27. The number of alkyl halides is 3. The first kappa shape index (κ1) is 28.6. The molecule has 13 heteroatoms. The number of methoxy groups -OCH3 is 1. The smallest absolute Gasteiger partial charge is 0.408 e. The second-order valence-electron chi connectivity index (χ2n) is 10.9. The molecule has 1 aromatic heterocycles. The summed E-state index contributed by atoms with van der Waals surface area (Å²) in [5.74, 6) is -0.765. The summed E-state index contributed by atoms with van der Waals surface area (Å²) in [5.41, 5.74) is -0.547. The van der Waals surface area contributed by atoms with Gasteiger partial charge in [0.1, 0.15) is 30.0 Å². The molecule has 2 aliphatic heterocycles. The van der Waals surface area contributed by atoms with Crippen molar-refractivity contribution in [2.75, 3.05) is 38.3 Å². The number of nitrogens with zero attached hydrogens (tertiary/aromatic N) is 4. The molecule has 0 N–H and O–H groups in total. The molecular weight excluding hydrogens is 539 g/mol. The maximum absolute atomic E-state index is 14.6. The van der Waals surface area contributed by atoms with Crippen LogP contribution in [0, 0.1) is 29.4 Å². The highest BCUT2D eigenvalue weighted by Gasteiger charge is 2.48. The second-order valence-corrected chi connectivity index (χ2v) is 10.9. The zero-order chi connectivity index (χ0) is 28.4. The minimum absolute atomic E-state index is 0.00144. The summed E-state index contributed by atoms with van der Waals surface area (Å²) in [6.45, 7) is 2.19. The zero-order valence-electron chi connectivity index (χ0n) is 22.3. The number of halogens is 5. The van der Waals surface area contributed by atoms with Crippen LogP contribution in [0.3, 0.4) is 0 Å². The molecular formula is C27H33F5N4O4. The van der Waals surface area contributed by atoms with Crippen molar-refractivity contribution in [3.63, 3.8) is 0 Å². The van der Waals surface area contributed by atoms with Crippen LogP contribution in [0.4, 0.5) is 28.0 Å². The van der Waals surface area contributed by atoms with Gasteiger partial charge < -0.3 is 23.8 Å². The van der Waals surface area contributed by atoms with Crippen LogP contribution in [0.15, 0.2) is 16.7 Å². The van der Waals surface area contributed by atoms with E-state index >= 15 is 0 Å². The van der Waals surface area contributed by atoms with Crippen molar-refractivity contribution in [1.82, 2.24) is 15.0 Å². The predicted molar refractivity (Wildman–Crippen MR) is 133 cm³/mol. The quantitative estimate of drug-likeness (QED) is 0.374. The molecule has 220 valence electrons. The Balaban J connectivity index is 1.06. The number of aromatic nitrogens is 2. The predicted octanol–water partition coefficient (Wildman–Crippen LogP) is 4.91. The Morgan fingerprint density at radius 2 is 1.85 bits per heavy atom. The van der Waals surface area contributed by atoms with E-state index in [0.29, 0.717) is 47.7 Å². The average Bonchev–Trinajstić information content (AvgIpc) is 3.26. The Morgan fingerprint density at radius 3 is 2.52 bits per heavy atom. The number of piperidine rings is 1. The number of amides is 1. The van der Waals surface area contributed by atoms with Gasteiger partial charge in [-0.05, 0) is 56.3 Å². The van der Waals surface area contributed by atoms with Gasteiger partial charge in [0.05, 0.1) is 13.0 Å². The number of carbonyl (C=O) groups excluding carboxylic acids is 1. The molecule has 3 heterocycles. The molecule has 5 rings (SSSR count). The van der Waals surface area contributed by atoms with Crippen LogP contribution in [-0.4, -0.2) is 66.5 Å². The van der Waals surface area contributed by atoms with E-state index < -0.39 is 41.7 Å². The summed E-state index contributed by atoms with van der Waals surface area (Å²) >= 11 is 0. The highest BCUT2D eigenvalue weighted by molar-refractivity contribution is 5.79. The summed E-state index contributed by atoms with van der Waals surface area (Å²) in [6, 6.07) is 0.592. The van der Waals surface area contributed by atoms with Gasteiger partial charge in [0.15, 0.2) is 5.82 Å². The lowest BCUT2D eigenvalue weighted by atomic mass is 9.90. The Labute approximate surface area is 228 Å². The van der Waals surface area contributed by atoms with Gasteiger partial charge in [0, 0.05) is 44.4 Å². The van der Waals surface area contributed by atoms with Gasteiger partial charge in [-0.25, -0.2) is 8.78 Å². The van der Waals surface area contributed by atoms with Crippen molar-refractivity contribution < 1.29 is 40.7 Å². The molecule has 40 heavy (non-hydrogen) atoms. The summed E-state index contributed by atoms with van der Waals surface area (Å²) in [7, 11) is 1.58. The van der Waals surface area contributed by atoms with Crippen molar-refractivity contribution in [1.29, 1.82) is 0 Å². The molecule has 0 radical (unpaired) electrons. The lowest BCUT2D eigenvalue weighted by molar-refractivity contribution is -0.182.